The Hall–Kier alpha value is -3.23. The second-order valence-electron chi connectivity index (χ2n) is 8.45. The van der Waals surface area contributed by atoms with Gasteiger partial charge in [0.2, 0.25) is 17.7 Å². The van der Waals surface area contributed by atoms with Crippen LogP contribution in [0.15, 0.2) is 30.4 Å². The third-order valence-corrected chi connectivity index (χ3v) is 6.77. The molecule has 0 aromatic heterocycles. The van der Waals surface area contributed by atoms with Gasteiger partial charge in [-0.25, -0.2) is 4.90 Å². The molecule has 156 valence electrons. The van der Waals surface area contributed by atoms with Crippen molar-refractivity contribution in [1.82, 2.24) is 5.32 Å². The number of nitro groups is 1. The Morgan fingerprint density at radius 2 is 1.77 bits per heavy atom. The van der Waals surface area contributed by atoms with E-state index in [1.807, 2.05) is 12.2 Å². The molecule has 5 rings (SSSR count). The van der Waals surface area contributed by atoms with E-state index in [4.69, 9.17) is 0 Å². The number of rotatable bonds is 4. The molecule has 9 heteroatoms. The molecule has 3 fully saturated rings. The molecule has 2 saturated heterocycles. The van der Waals surface area contributed by atoms with Crippen LogP contribution in [0.5, 0.6) is 0 Å². The summed E-state index contributed by atoms with van der Waals surface area (Å²) in [7, 11) is 0. The highest BCUT2D eigenvalue weighted by Gasteiger charge is 2.59. The van der Waals surface area contributed by atoms with Crippen LogP contribution in [0.25, 0.3) is 0 Å². The molecule has 2 N–H and O–H groups in total. The molecular weight excluding hydrogens is 388 g/mol. The van der Waals surface area contributed by atoms with E-state index in [1.165, 1.54) is 18.2 Å². The quantitative estimate of drug-likeness (QED) is 0.339. The van der Waals surface area contributed by atoms with Crippen molar-refractivity contribution < 1.29 is 19.3 Å². The Balaban J connectivity index is 1.44. The summed E-state index contributed by atoms with van der Waals surface area (Å²) in [5.41, 5.74) is 0.150. The third-order valence-electron chi connectivity index (χ3n) is 6.77. The third kappa shape index (κ3) is 2.79. The Morgan fingerprint density at radius 3 is 2.43 bits per heavy atom. The molecule has 5 atom stereocenters. The summed E-state index contributed by atoms with van der Waals surface area (Å²) in [6, 6.07) is 3.71. The number of hydrogen-bond donors (Lipinski definition) is 2. The molecule has 30 heavy (non-hydrogen) atoms. The first-order chi connectivity index (χ1) is 14.5. The van der Waals surface area contributed by atoms with E-state index in [1.54, 1.807) is 0 Å². The van der Waals surface area contributed by atoms with Crippen LogP contribution in [0, 0.1) is 33.8 Å². The number of fused-ring (bicyclic) bond motifs is 5. The molecule has 9 nitrogen and oxygen atoms in total. The molecule has 0 radical (unpaired) electrons. The number of anilines is 2. The van der Waals surface area contributed by atoms with Crippen LogP contribution in [0.1, 0.15) is 25.7 Å². The van der Waals surface area contributed by atoms with Crippen molar-refractivity contribution in [3.63, 3.8) is 0 Å². The largest absolute Gasteiger partial charge is 0.368 e. The topological polar surface area (TPSA) is 122 Å². The van der Waals surface area contributed by atoms with Crippen molar-refractivity contribution in [1.29, 1.82) is 0 Å². The first-order valence-corrected chi connectivity index (χ1v) is 10.3. The zero-order chi connectivity index (χ0) is 21.0. The molecular formula is C21H22N4O5. The van der Waals surface area contributed by atoms with Crippen molar-refractivity contribution in [3.8, 4) is 0 Å². The van der Waals surface area contributed by atoms with Crippen LogP contribution in [0.4, 0.5) is 17.1 Å². The molecule has 2 heterocycles. The average molecular weight is 410 g/mol. The van der Waals surface area contributed by atoms with Crippen molar-refractivity contribution in [2.24, 2.45) is 23.7 Å². The SMILES string of the molecule is O=C1NCCCC[C@H]1Nc1ccc(N2C(=O)[C@@H]3[C@H](C2=O)[C@H]2C=C[C@H]3C2)cc1[N+](=O)[O-]. The molecule has 1 saturated carbocycles. The highest BCUT2D eigenvalue weighted by molar-refractivity contribution is 6.23. The fourth-order valence-electron chi connectivity index (χ4n) is 5.35. The van der Waals surface area contributed by atoms with Crippen molar-refractivity contribution in [3.05, 3.63) is 40.5 Å². The van der Waals surface area contributed by atoms with Gasteiger partial charge in [-0.1, -0.05) is 12.2 Å². The zero-order valence-electron chi connectivity index (χ0n) is 16.2. The van der Waals surface area contributed by atoms with Gasteiger partial charge in [0.1, 0.15) is 11.7 Å². The van der Waals surface area contributed by atoms with Crippen LogP contribution in [0.2, 0.25) is 0 Å². The molecule has 0 spiro atoms. The first kappa shape index (κ1) is 18.8. The van der Waals surface area contributed by atoms with Gasteiger partial charge in [0.05, 0.1) is 22.4 Å². The van der Waals surface area contributed by atoms with Crippen molar-refractivity contribution in [2.75, 3.05) is 16.8 Å². The highest BCUT2D eigenvalue weighted by Crippen LogP contribution is 2.53. The van der Waals surface area contributed by atoms with Crippen LogP contribution in [0.3, 0.4) is 0 Å². The zero-order valence-corrected chi connectivity index (χ0v) is 16.2. The van der Waals surface area contributed by atoms with E-state index in [0.717, 1.165) is 24.2 Å². The van der Waals surface area contributed by atoms with E-state index < -0.39 is 11.0 Å². The number of allylic oxidation sites excluding steroid dienone is 2. The van der Waals surface area contributed by atoms with E-state index in [0.29, 0.717) is 13.0 Å². The minimum atomic E-state index is -0.562. The maximum atomic E-state index is 13.0. The van der Waals surface area contributed by atoms with E-state index >= 15 is 0 Å². The van der Waals surface area contributed by atoms with Crippen molar-refractivity contribution in [2.45, 2.75) is 31.7 Å². The summed E-state index contributed by atoms with van der Waals surface area (Å²) in [5, 5.41) is 17.5. The molecule has 0 unspecified atom stereocenters. The van der Waals surface area contributed by atoms with Gasteiger partial charge in [-0.05, 0) is 49.7 Å². The molecule has 3 amide bonds. The summed E-state index contributed by atoms with van der Waals surface area (Å²) in [4.78, 5) is 50.4. The predicted molar refractivity (Wildman–Crippen MR) is 108 cm³/mol. The van der Waals surface area contributed by atoms with Gasteiger partial charge in [-0.2, -0.15) is 0 Å². The van der Waals surface area contributed by atoms with Gasteiger partial charge in [-0.3, -0.25) is 24.5 Å². The number of nitro benzene ring substituents is 1. The Morgan fingerprint density at radius 1 is 1.07 bits per heavy atom. The van der Waals surface area contributed by atoms with Gasteiger partial charge < -0.3 is 10.6 Å². The number of hydrogen-bond acceptors (Lipinski definition) is 6. The monoisotopic (exact) mass is 410 g/mol. The molecule has 1 aromatic rings. The van der Waals surface area contributed by atoms with Gasteiger partial charge >= 0.3 is 0 Å². The second kappa shape index (κ2) is 6.93. The highest BCUT2D eigenvalue weighted by atomic mass is 16.6. The number of carbonyl (C=O) groups is 3. The summed E-state index contributed by atoms with van der Waals surface area (Å²) in [5.74, 6) is -1.32. The van der Waals surface area contributed by atoms with Gasteiger partial charge in [-0.15, -0.1) is 0 Å². The normalized spacial score (nSPS) is 32.2. The number of imide groups is 1. The molecule has 2 aliphatic heterocycles. The van der Waals surface area contributed by atoms with Crippen LogP contribution in [-0.4, -0.2) is 35.2 Å². The maximum Gasteiger partial charge on any atom is 0.294 e. The molecule has 4 aliphatic rings. The summed E-state index contributed by atoms with van der Waals surface area (Å²) < 4.78 is 0. The van der Waals surface area contributed by atoms with Crippen LogP contribution >= 0.6 is 0 Å². The van der Waals surface area contributed by atoms with Gasteiger partial charge in [0.15, 0.2) is 0 Å². The number of amides is 3. The Bertz CT molecular complexity index is 960. The summed E-state index contributed by atoms with van der Waals surface area (Å²) in [6.07, 6.45) is 7.11. The van der Waals surface area contributed by atoms with Crippen LogP contribution < -0.4 is 15.5 Å². The second-order valence-corrected chi connectivity index (χ2v) is 8.45. The molecule has 1 aromatic carbocycles. The smallest absolute Gasteiger partial charge is 0.294 e. The van der Waals surface area contributed by atoms with E-state index in [-0.39, 0.29) is 58.5 Å². The summed E-state index contributed by atoms with van der Waals surface area (Å²) in [6.45, 7) is 0.594. The molecule has 2 bridgehead atoms. The van der Waals surface area contributed by atoms with Gasteiger partial charge in [0, 0.05) is 12.6 Å². The minimum absolute atomic E-state index is 0.0751. The lowest BCUT2D eigenvalue weighted by Gasteiger charge is -2.20. The lowest BCUT2D eigenvalue weighted by molar-refractivity contribution is -0.383. The van der Waals surface area contributed by atoms with E-state index in [2.05, 4.69) is 10.6 Å². The number of benzene rings is 1. The lowest BCUT2D eigenvalue weighted by atomic mass is 9.85. The van der Waals surface area contributed by atoms with Crippen LogP contribution in [-0.2, 0) is 14.4 Å². The Labute approximate surface area is 172 Å². The predicted octanol–water partition coefficient (Wildman–Crippen LogP) is 1.99. The minimum Gasteiger partial charge on any atom is -0.368 e. The summed E-state index contributed by atoms with van der Waals surface area (Å²) >= 11 is 0. The number of carbonyl (C=O) groups excluding carboxylic acids is 3. The number of nitrogens with one attached hydrogen (secondary N) is 2. The Kier molecular flexibility index (Phi) is 4.34. The first-order valence-electron chi connectivity index (χ1n) is 10.3. The fourth-order valence-corrected chi connectivity index (χ4v) is 5.35. The van der Waals surface area contributed by atoms with Crippen molar-refractivity contribution >= 4 is 34.8 Å². The number of nitrogens with zero attached hydrogens (tertiary/aromatic N) is 2. The van der Waals surface area contributed by atoms with Gasteiger partial charge in [0.25, 0.3) is 5.69 Å². The standard InChI is InChI=1S/C21H22N4O5/c26-19-15(3-1-2-8-22-19)23-14-7-6-13(10-16(14)25(29)30)24-20(27)17-11-4-5-12(9-11)18(17)21(24)28/h4-7,10-12,15,17-18,23H,1-3,8-9H2,(H,22,26)/t11-,12-,15+,17-,18+/m0/s1. The van der Waals surface area contributed by atoms with E-state index in [9.17, 15) is 24.5 Å². The fraction of sp³-hybridized carbons (Fsp3) is 0.476. The average Bonchev–Trinajstić information content (AvgIpc) is 3.36. The maximum absolute atomic E-state index is 13.0. The lowest BCUT2D eigenvalue weighted by Crippen LogP contribution is -2.38. The molecule has 2 aliphatic carbocycles.